The lowest BCUT2D eigenvalue weighted by Crippen LogP contribution is -2.10. The fourth-order valence-corrected chi connectivity index (χ4v) is 1.43. The van der Waals surface area contributed by atoms with Gasteiger partial charge >= 0.3 is 0 Å². The minimum atomic E-state index is 0.558. The molecule has 90 valence electrons. The van der Waals surface area contributed by atoms with E-state index in [0.29, 0.717) is 11.6 Å². The summed E-state index contributed by atoms with van der Waals surface area (Å²) in [5.74, 6) is 1.22. The summed E-state index contributed by atoms with van der Waals surface area (Å²) in [5.41, 5.74) is 2.15. The number of nitriles is 1. The van der Waals surface area contributed by atoms with E-state index in [4.69, 9.17) is 5.26 Å². The van der Waals surface area contributed by atoms with Crippen LogP contribution in [-0.4, -0.2) is 17.0 Å². The van der Waals surface area contributed by atoms with Gasteiger partial charge in [0.1, 0.15) is 18.0 Å². The topological polar surface area (TPSA) is 64.8 Å². The van der Waals surface area contributed by atoms with Crippen molar-refractivity contribution in [3.05, 3.63) is 42.2 Å². The largest absolute Gasteiger partial charge is 0.340 e. The van der Waals surface area contributed by atoms with Gasteiger partial charge in [0.15, 0.2) is 6.19 Å². The van der Waals surface area contributed by atoms with Crippen LogP contribution in [0.4, 0.5) is 17.3 Å². The van der Waals surface area contributed by atoms with Gasteiger partial charge < -0.3 is 5.32 Å². The lowest BCUT2D eigenvalue weighted by Gasteiger charge is -2.10. The van der Waals surface area contributed by atoms with E-state index in [-0.39, 0.29) is 0 Å². The van der Waals surface area contributed by atoms with E-state index in [1.807, 2.05) is 37.4 Å². The molecular weight excluding hydrogens is 226 g/mol. The summed E-state index contributed by atoms with van der Waals surface area (Å²) < 4.78 is 0. The standard InChI is InChI=1S/C13H13N5/c1-10-3-5-11(6-4-10)17-12-7-13(16-9-15-12)18(2)8-14/h3-7,9H,1-2H3,(H,15,16,17). The van der Waals surface area contributed by atoms with Crippen LogP contribution in [0.2, 0.25) is 0 Å². The van der Waals surface area contributed by atoms with Crippen molar-refractivity contribution in [1.29, 1.82) is 5.26 Å². The highest BCUT2D eigenvalue weighted by Crippen LogP contribution is 2.17. The van der Waals surface area contributed by atoms with Crippen LogP contribution in [0.25, 0.3) is 0 Å². The first-order valence-corrected chi connectivity index (χ1v) is 5.48. The Balaban J connectivity index is 2.19. The van der Waals surface area contributed by atoms with Gasteiger partial charge in [-0.3, -0.25) is 4.90 Å². The lowest BCUT2D eigenvalue weighted by molar-refractivity contribution is 1.08. The summed E-state index contributed by atoms with van der Waals surface area (Å²) in [7, 11) is 1.65. The molecule has 1 aromatic carbocycles. The van der Waals surface area contributed by atoms with E-state index >= 15 is 0 Å². The maximum absolute atomic E-state index is 8.79. The minimum Gasteiger partial charge on any atom is -0.340 e. The number of nitrogens with zero attached hydrogens (tertiary/aromatic N) is 4. The normalized spacial score (nSPS) is 9.61. The Morgan fingerprint density at radius 3 is 2.61 bits per heavy atom. The number of aromatic nitrogens is 2. The molecule has 0 aliphatic carbocycles. The summed E-state index contributed by atoms with van der Waals surface area (Å²) in [6, 6.07) is 9.72. The van der Waals surface area contributed by atoms with E-state index in [1.54, 1.807) is 13.1 Å². The third-order valence-electron chi connectivity index (χ3n) is 2.47. The molecule has 1 aromatic heterocycles. The first-order chi connectivity index (χ1) is 8.69. The third kappa shape index (κ3) is 2.74. The van der Waals surface area contributed by atoms with Crippen molar-refractivity contribution in [3.63, 3.8) is 0 Å². The summed E-state index contributed by atoms with van der Waals surface area (Å²) in [6.45, 7) is 2.04. The van der Waals surface area contributed by atoms with Gasteiger partial charge in [-0.15, -0.1) is 0 Å². The van der Waals surface area contributed by atoms with Crippen molar-refractivity contribution in [2.75, 3.05) is 17.3 Å². The number of nitrogens with one attached hydrogen (secondary N) is 1. The van der Waals surface area contributed by atoms with Crippen LogP contribution in [0.3, 0.4) is 0 Å². The Morgan fingerprint density at radius 1 is 1.22 bits per heavy atom. The Hall–Kier alpha value is -2.61. The molecule has 0 amide bonds. The predicted molar refractivity (Wildman–Crippen MR) is 70.5 cm³/mol. The van der Waals surface area contributed by atoms with Crippen molar-refractivity contribution in [2.45, 2.75) is 6.92 Å². The fraction of sp³-hybridized carbons (Fsp3) is 0.154. The Morgan fingerprint density at radius 2 is 1.94 bits per heavy atom. The zero-order chi connectivity index (χ0) is 13.0. The summed E-state index contributed by atoms with van der Waals surface area (Å²) in [4.78, 5) is 9.51. The molecule has 5 heteroatoms. The fourth-order valence-electron chi connectivity index (χ4n) is 1.43. The molecule has 0 bridgehead atoms. The molecule has 0 fully saturated rings. The van der Waals surface area contributed by atoms with Crippen LogP contribution in [0.15, 0.2) is 36.7 Å². The van der Waals surface area contributed by atoms with Crippen LogP contribution in [-0.2, 0) is 0 Å². The zero-order valence-corrected chi connectivity index (χ0v) is 10.3. The number of aryl methyl sites for hydroxylation is 1. The molecule has 1 heterocycles. The van der Waals surface area contributed by atoms with Gasteiger partial charge in [-0.1, -0.05) is 17.7 Å². The zero-order valence-electron chi connectivity index (χ0n) is 10.3. The van der Waals surface area contributed by atoms with E-state index in [0.717, 1.165) is 5.69 Å². The molecular formula is C13H13N5. The van der Waals surface area contributed by atoms with Crippen LogP contribution >= 0.6 is 0 Å². The molecule has 2 aromatic rings. The smallest absolute Gasteiger partial charge is 0.185 e. The number of hydrogen-bond donors (Lipinski definition) is 1. The van der Waals surface area contributed by atoms with Crippen LogP contribution < -0.4 is 10.2 Å². The van der Waals surface area contributed by atoms with Crippen molar-refractivity contribution in [3.8, 4) is 6.19 Å². The SMILES string of the molecule is Cc1ccc(Nc2cc(N(C)C#N)ncn2)cc1. The number of benzene rings is 1. The number of hydrogen-bond acceptors (Lipinski definition) is 5. The maximum Gasteiger partial charge on any atom is 0.185 e. The molecule has 0 spiro atoms. The minimum absolute atomic E-state index is 0.558. The molecule has 0 saturated carbocycles. The highest BCUT2D eigenvalue weighted by molar-refractivity contribution is 5.60. The molecule has 2 rings (SSSR count). The Labute approximate surface area is 106 Å². The highest BCUT2D eigenvalue weighted by Gasteiger charge is 2.03. The van der Waals surface area contributed by atoms with Crippen LogP contribution in [0.1, 0.15) is 5.56 Å². The molecule has 0 aliphatic heterocycles. The molecule has 0 atom stereocenters. The second-order valence-electron chi connectivity index (χ2n) is 3.91. The first kappa shape index (κ1) is 11.9. The first-order valence-electron chi connectivity index (χ1n) is 5.48. The van der Waals surface area contributed by atoms with Gasteiger partial charge in [0.25, 0.3) is 0 Å². The second-order valence-corrected chi connectivity index (χ2v) is 3.91. The van der Waals surface area contributed by atoms with E-state index < -0.39 is 0 Å². The van der Waals surface area contributed by atoms with Crippen molar-refractivity contribution >= 4 is 17.3 Å². The quantitative estimate of drug-likeness (QED) is 0.658. The number of anilines is 3. The van der Waals surface area contributed by atoms with E-state index in [2.05, 4.69) is 15.3 Å². The third-order valence-corrected chi connectivity index (χ3v) is 2.47. The van der Waals surface area contributed by atoms with Gasteiger partial charge in [-0.05, 0) is 19.1 Å². The van der Waals surface area contributed by atoms with Crippen molar-refractivity contribution in [1.82, 2.24) is 9.97 Å². The second kappa shape index (κ2) is 5.15. The summed E-state index contributed by atoms with van der Waals surface area (Å²) in [5, 5.41) is 12.0. The van der Waals surface area contributed by atoms with Gasteiger partial charge in [-0.2, -0.15) is 5.26 Å². The molecule has 0 radical (unpaired) electrons. The van der Waals surface area contributed by atoms with Gasteiger partial charge in [0, 0.05) is 18.8 Å². The monoisotopic (exact) mass is 239 g/mol. The highest BCUT2D eigenvalue weighted by atomic mass is 15.2. The average Bonchev–Trinajstić information content (AvgIpc) is 2.41. The molecule has 5 nitrogen and oxygen atoms in total. The van der Waals surface area contributed by atoms with Crippen molar-refractivity contribution in [2.24, 2.45) is 0 Å². The van der Waals surface area contributed by atoms with Gasteiger partial charge in [0.05, 0.1) is 0 Å². The Kier molecular flexibility index (Phi) is 3.39. The van der Waals surface area contributed by atoms with Gasteiger partial charge in [-0.25, -0.2) is 9.97 Å². The summed E-state index contributed by atoms with van der Waals surface area (Å²) >= 11 is 0. The average molecular weight is 239 g/mol. The Bertz CT molecular complexity index is 571. The lowest BCUT2D eigenvalue weighted by atomic mass is 10.2. The van der Waals surface area contributed by atoms with Crippen LogP contribution in [0, 0.1) is 18.4 Å². The molecule has 0 unspecified atom stereocenters. The summed E-state index contributed by atoms with van der Waals surface area (Å²) in [6.07, 6.45) is 3.43. The van der Waals surface area contributed by atoms with Gasteiger partial charge in [0.2, 0.25) is 0 Å². The predicted octanol–water partition coefficient (Wildman–Crippen LogP) is 2.45. The maximum atomic E-state index is 8.79. The van der Waals surface area contributed by atoms with E-state index in [1.165, 1.54) is 16.8 Å². The molecule has 18 heavy (non-hydrogen) atoms. The van der Waals surface area contributed by atoms with Crippen LogP contribution in [0.5, 0.6) is 0 Å². The molecule has 0 aliphatic rings. The molecule has 0 saturated heterocycles. The number of rotatable bonds is 3. The van der Waals surface area contributed by atoms with Crippen molar-refractivity contribution < 1.29 is 0 Å². The van der Waals surface area contributed by atoms with E-state index in [9.17, 15) is 0 Å². The molecule has 1 N–H and O–H groups in total.